The van der Waals surface area contributed by atoms with Crippen molar-refractivity contribution in [1.29, 1.82) is 0 Å². The van der Waals surface area contributed by atoms with Crippen LogP contribution in [0.25, 0.3) is 0 Å². The Morgan fingerprint density at radius 1 is 0.500 bits per heavy atom. The quantitative estimate of drug-likeness (QED) is 0.00701. The number of nitrogens with one attached hydrogen (secondary N) is 2. The molecule has 0 spiro atoms. The summed E-state index contributed by atoms with van der Waals surface area (Å²) in [5, 5.41) is 66.6. The van der Waals surface area contributed by atoms with Crippen LogP contribution in [0.3, 0.4) is 0 Å². The Hall–Kier alpha value is -3.92. The largest absolute Gasteiger partial charge is 0.481 e. The number of rotatable bonds is 65. The zero-order valence-electron chi connectivity index (χ0n) is 55.6. The van der Waals surface area contributed by atoms with Crippen LogP contribution < -0.4 is 10.6 Å². The fraction of sp³-hybridized carbons (Fsp3) is 0.882. The predicted molar refractivity (Wildman–Crippen MR) is 342 cm³/mol. The number of esters is 2. The normalized spacial score (nSPS) is 14.5. The maximum atomic E-state index is 14.4. The van der Waals surface area contributed by atoms with Crippen molar-refractivity contribution in [3.63, 3.8) is 0 Å². The van der Waals surface area contributed by atoms with Gasteiger partial charge in [0.05, 0.1) is 44.8 Å². The van der Waals surface area contributed by atoms with E-state index >= 15 is 0 Å². The second-order valence-corrected chi connectivity index (χ2v) is 24.3. The molecule has 88 heavy (non-hydrogen) atoms. The molecule has 0 aliphatic rings. The highest BCUT2D eigenvalue weighted by atomic mass is 17.1. The fourth-order valence-corrected chi connectivity index (χ4v) is 10.4. The van der Waals surface area contributed by atoms with E-state index in [0.29, 0.717) is 38.2 Å². The lowest BCUT2D eigenvalue weighted by Gasteiger charge is -2.34. The van der Waals surface area contributed by atoms with Crippen LogP contribution in [0.2, 0.25) is 0 Å². The van der Waals surface area contributed by atoms with Gasteiger partial charge in [-0.1, -0.05) is 246 Å². The average molecular weight is 1260 g/mol. The monoisotopic (exact) mass is 1260 g/mol. The minimum absolute atomic E-state index is 0.0179. The topological polar surface area (TPSA) is 303 Å². The third kappa shape index (κ3) is 48.9. The van der Waals surface area contributed by atoms with Gasteiger partial charge in [-0.25, -0.2) is 10.1 Å². The van der Waals surface area contributed by atoms with Crippen molar-refractivity contribution < 1.29 is 88.1 Å². The molecular formula is C68H126N2O18. The molecule has 516 valence electrons. The molecule has 0 aromatic carbocycles. The lowest BCUT2D eigenvalue weighted by atomic mass is 10.0. The van der Waals surface area contributed by atoms with E-state index in [1.807, 2.05) is 0 Å². The van der Waals surface area contributed by atoms with Gasteiger partial charge in [-0.3, -0.25) is 24.0 Å². The summed E-state index contributed by atoms with van der Waals surface area (Å²) in [6.07, 6.45) is 31.1. The Morgan fingerprint density at radius 2 is 0.909 bits per heavy atom. The summed E-state index contributed by atoms with van der Waals surface area (Å²) in [5.74, 6) is -9.50. The van der Waals surface area contributed by atoms with E-state index in [2.05, 4.69) is 43.2 Å². The van der Waals surface area contributed by atoms with Crippen molar-refractivity contribution in [2.24, 2.45) is 0 Å². The van der Waals surface area contributed by atoms with Gasteiger partial charge in [-0.15, -0.1) is 0 Å². The van der Waals surface area contributed by atoms with Gasteiger partial charge in [0.25, 0.3) is 5.79 Å². The summed E-state index contributed by atoms with van der Waals surface area (Å²) in [6.45, 7) is 7.79. The Morgan fingerprint density at radius 3 is 1.31 bits per heavy atom. The summed E-state index contributed by atoms with van der Waals surface area (Å²) in [4.78, 5) is 84.2. The molecule has 7 atom stereocenters. The van der Waals surface area contributed by atoms with E-state index in [1.165, 1.54) is 90.4 Å². The molecule has 0 bridgehead atoms. The van der Waals surface area contributed by atoms with Crippen LogP contribution in [-0.4, -0.2) is 129 Å². The second-order valence-electron chi connectivity index (χ2n) is 24.3. The maximum Gasteiger partial charge on any atom is 0.368 e. The number of aliphatic hydroxyl groups excluding tert-OH is 2. The Balaban J connectivity index is 7.10. The number of carbonyl (C=O) groups is 6. The Kier molecular flexibility index (Phi) is 55.6. The van der Waals surface area contributed by atoms with Gasteiger partial charge in [0.2, 0.25) is 24.3 Å². The van der Waals surface area contributed by atoms with Crippen LogP contribution in [0.15, 0.2) is 11.8 Å². The second kappa shape index (κ2) is 58.2. The van der Waals surface area contributed by atoms with Crippen molar-refractivity contribution in [2.75, 3.05) is 19.8 Å². The highest BCUT2D eigenvalue weighted by Gasteiger charge is 2.40. The van der Waals surface area contributed by atoms with Crippen molar-refractivity contribution in [3.05, 3.63) is 11.8 Å². The molecule has 0 heterocycles. The number of carboxylic acid groups (broad SMARTS) is 2. The minimum atomic E-state index is -3.24. The fourth-order valence-electron chi connectivity index (χ4n) is 10.4. The zero-order valence-corrected chi connectivity index (χ0v) is 55.6. The first-order chi connectivity index (χ1) is 42.5. The molecule has 0 saturated carbocycles. The molecule has 20 heteroatoms. The third-order valence-electron chi connectivity index (χ3n) is 15.8. The van der Waals surface area contributed by atoms with Crippen LogP contribution in [0.1, 0.15) is 324 Å². The Bertz CT molecular complexity index is 1770. The first-order valence-electron chi connectivity index (χ1n) is 34.9. The number of ether oxygens (including phenoxy) is 5. The van der Waals surface area contributed by atoms with Crippen molar-refractivity contribution in [2.45, 2.75) is 366 Å². The predicted octanol–water partition coefficient (Wildman–Crippen LogP) is 14.4. The molecule has 0 aliphatic heterocycles. The van der Waals surface area contributed by atoms with Gasteiger partial charge in [0.1, 0.15) is 18.0 Å². The van der Waals surface area contributed by atoms with Crippen molar-refractivity contribution in [1.82, 2.24) is 10.6 Å². The van der Waals surface area contributed by atoms with E-state index in [0.717, 1.165) is 135 Å². The SMILES string of the molecule is CCCCCCCCCCCCCC(=O)NC(COC(OC(COC(O)(/C=C(/CCO)OO)C(=O)O)C(C)O)C(NC(=O)CCCCCCCCCCCCC)OC(=O)CC(CCCCCCCCCCC)OC(=O)CCCCCCCCC)CC(=O)O. The maximum absolute atomic E-state index is 14.4. The molecule has 0 aromatic rings. The molecule has 0 aliphatic carbocycles. The van der Waals surface area contributed by atoms with Crippen LogP contribution in [0, 0.1) is 0 Å². The minimum Gasteiger partial charge on any atom is -0.481 e. The van der Waals surface area contributed by atoms with Crippen molar-refractivity contribution in [3.8, 4) is 0 Å². The lowest BCUT2D eigenvalue weighted by molar-refractivity contribution is -0.266. The number of amides is 2. The zero-order chi connectivity index (χ0) is 65.3. The molecule has 0 saturated heterocycles. The van der Waals surface area contributed by atoms with E-state index in [1.54, 1.807) is 0 Å². The van der Waals surface area contributed by atoms with Crippen molar-refractivity contribution >= 4 is 35.7 Å². The molecule has 0 fully saturated rings. The molecule has 7 unspecified atom stereocenters. The number of carbonyl (C=O) groups excluding carboxylic acids is 4. The smallest absolute Gasteiger partial charge is 0.368 e. The molecular weight excluding hydrogens is 1130 g/mol. The van der Waals surface area contributed by atoms with Crippen LogP contribution in [0.5, 0.6) is 0 Å². The van der Waals surface area contributed by atoms with E-state index < -0.39 is 123 Å². The number of hydrogen-bond acceptors (Lipinski definition) is 16. The Labute approximate surface area is 530 Å². The highest BCUT2D eigenvalue weighted by molar-refractivity contribution is 5.78. The van der Waals surface area contributed by atoms with Crippen LogP contribution >= 0.6 is 0 Å². The van der Waals surface area contributed by atoms with Gasteiger partial charge in [0, 0.05) is 31.8 Å². The number of hydrogen-bond donors (Lipinski definition) is 8. The molecule has 0 rings (SSSR count). The summed E-state index contributed by atoms with van der Waals surface area (Å²) in [5.41, 5.74) is 0. The first-order valence-corrected chi connectivity index (χ1v) is 34.9. The number of carboxylic acids is 2. The number of aliphatic hydroxyl groups is 3. The summed E-state index contributed by atoms with van der Waals surface area (Å²) in [7, 11) is 0. The van der Waals surface area contributed by atoms with E-state index in [9.17, 15) is 59.6 Å². The summed E-state index contributed by atoms with van der Waals surface area (Å²) >= 11 is 0. The molecule has 2 amide bonds. The van der Waals surface area contributed by atoms with Gasteiger partial charge in [-0.05, 0) is 39.0 Å². The van der Waals surface area contributed by atoms with Gasteiger partial charge >= 0.3 is 23.9 Å². The average Bonchev–Trinajstić information content (AvgIpc) is 3.68. The standard InChI is InChI=1S/C68H126N2O18/c1-6-10-14-18-22-25-27-30-34-37-41-45-60(73)69-56(50-62(75)76)53-83-66(86-59(55(5)72)54-84-68(81,67(79)80)52-58(88-82)48-49-71)65(70-61(74)46-42-38-35-31-28-26-23-19-15-11-7-2)87-64(78)51-57(44-40-36-33-29-24-20-16-12-8-3)85-63(77)47-43-39-32-21-17-13-9-4/h52,55-57,59,65-66,71-72,81-82H,6-51,53-54H2,1-5H3,(H,69,73)(H,70,74)(H,75,76)(H,79,80)/b58-52-. The molecule has 8 N–H and O–H groups in total. The lowest BCUT2D eigenvalue weighted by Crippen LogP contribution is -2.53. The number of unbranched alkanes of at least 4 members (excludes halogenated alkanes) is 34. The molecule has 0 radical (unpaired) electrons. The highest BCUT2D eigenvalue weighted by Crippen LogP contribution is 2.23. The van der Waals surface area contributed by atoms with Gasteiger partial charge < -0.3 is 64.7 Å². The number of aliphatic carboxylic acids is 2. The third-order valence-corrected chi connectivity index (χ3v) is 15.8. The summed E-state index contributed by atoms with van der Waals surface area (Å²) < 4.78 is 29.9. The van der Waals surface area contributed by atoms with E-state index in [4.69, 9.17) is 23.7 Å². The van der Waals surface area contributed by atoms with Crippen LogP contribution in [0.4, 0.5) is 0 Å². The summed E-state index contributed by atoms with van der Waals surface area (Å²) in [6, 6.07) is -1.20. The molecule has 20 nitrogen and oxygen atoms in total. The molecule has 0 aromatic heterocycles. The van der Waals surface area contributed by atoms with Gasteiger partial charge in [0.15, 0.2) is 0 Å². The first kappa shape index (κ1) is 84.1. The van der Waals surface area contributed by atoms with E-state index in [-0.39, 0.29) is 19.3 Å². The van der Waals surface area contributed by atoms with Crippen LogP contribution in [-0.2, 0) is 57.3 Å². The van der Waals surface area contributed by atoms with Gasteiger partial charge in [-0.2, -0.15) is 0 Å².